The number of halogens is 1. The van der Waals surface area contributed by atoms with Crippen molar-refractivity contribution in [3.05, 3.63) is 29.3 Å². The molecule has 0 saturated carbocycles. The molecule has 16 heavy (non-hydrogen) atoms. The summed E-state index contributed by atoms with van der Waals surface area (Å²) in [6, 6.07) is 7.23. The zero-order valence-electron chi connectivity index (χ0n) is 9.37. The molecule has 1 aromatic carbocycles. The predicted molar refractivity (Wildman–Crippen MR) is 67.9 cm³/mol. The summed E-state index contributed by atoms with van der Waals surface area (Å²) in [4.78, 5) is 0. The normalized spacial score (nSPS) is 11.8. The highest BCUT2D eigenvalue weighted by atomic mass is 35.5. The number of hydrogen-bond acceptors (Lipinski definition) is 2. The van der Waals surface area contributed by atoms with E-state index in [2.05, 4.69) is 18.2 Å². The first-order chi connectivity index (χ1) is 7.76. The molecule has 0 aliphatic heterocycles. The minimum atomic E-state index is -0.0565. The second-order valence-corrected chi connectivity index (χ2v) is 3.88. The lowest BCUT2D eigenvalue weighted by Gasteiger charge is -2.13. The lowest BCUT2D eigenvalue weighted by atomic mass is 10.3. The topological polar surface area (TPSA) is 21.3 Å². The van der Waals surface area contributed by atoms with Crippen LogP contribution in [0.2, 0.25) is 5.02 Å². The number of hydrogen-bond donors (Lipinski definition) is 1. The molecule has 3 heteroatoms. The zero-order valence-corrected chi connectivity index (χ0v) is 10.1. The summed E-state index contributed by atoms with van der Waals surface area (Å²) in [5.74, 6) is 3.39. The maximum absolute atomic E-state index is 5.84. The molecule has 1 atom stereocenters. The first-order valence-corrected chi connectivity index (χ1v) is 5.72. The van der Waals surface area contributed by atoms with Crippen molar-refractivity contribution in [2.45, 2.75) is 19.4 Å². The van der Waals surface area contributed by atoms with Gasteiger partial charge in [-0.3, -0.25) is 0 Å². The Morgan fingerprint density at radius 2 is 2.38 bits per heavy atom. The molecule has 0 aromatic heterocycles. The Bertz CT molecular complexity index is 359. The van der Waals surface area contributed by atoms with Crippen molar-refractivity contribution in [3.8, 4) is 18.1 Å². The quantitative estimate of drug-likeness (QED) is 0.769. The van der Waals surface area contributed by atoms with Crippen LogP contribution in [-0.4, -0.2) is 19.2 Å². The first kappa shape index (κ1) is 12.9. The smallest absolute Gasteiger partial charge is 0.120 e. The minimum Gasteiger partial charge on any atom is -0.491 e. The molecule has 0 radical (unpaired) electrons. The maximum atomic E-state index is 5.84. The highest BCUT2D eigenvalue weighted by Crippen LogP contribution is 2.17. The summed E-state index contributed by atoms with van der Waals surface area (Å²) in [7, 11) is 0. The van der Waals surface area contributed by atoms with E-state index in [4.69, 9.17) is 22.8 Å². The molecule has 1 aromatic rings. The summed E-state index contributed by atoms with van der Waals surface area (Å²) >= 11 is 5.84. The number of nitrogens with one attached hydrogen (secondary N) is 1. The minimum absolute atomic E-state index is 0.0565. The number of rotatable bonds is 6. The average molecular weight is 238 g/mol. The van der Waals surface area contributed by atoms with Gasteiger partial charge in [-0.15, -0.1) is 6.42 Å². The van der Waals surface area contributed by atoms with Gasteiger partial charge in [0.05, 0.1) is 0 Å². The van der Waals surface area contributed by atoms with Gasteiger partial charge in [0.1, 0.15) is 18.4 Å². The molecule has 1 rings (SSSR count). The Hall–Kier alpha value is -1.17. The van der Waals surface area contributed by atoms with Gasteiger partial charge in [0, 0.05) is 5.02 Å². The van der Waals surface area contributed by atoms with Crippen LogP contribution < -0.4 is 10.1 Å². The fourth-order valence-electron chi connectivity index (χ4n) is 1.22. The fourth-order valence-corrected chi connectivity index (χ4v) is 1.40. The van der Waals surface area contributed by atoms with E-state index in [1.807, 2.05) is 18.2 Å². The van der Waals surface area contributed by atoms with E-state index in [0.29, 0.717) is 11.6 Å². The first-order valence-electron chi connectivity index (χ1n) is 5.34. The van der Waals surface area contributed by atoms with E-state index in [1.54, 1.807) is 6.07 Å². The monoisotopic (exact) mass is 237 g/mol. The largest absolute Gasteiger partial charge is 0.491 e. The second-order valence-electron chi connectivity index (χ2n) is 3.44. The third-order valence-corrected chi connectivity index (χ3v) is 2.29. The van der Waals surface area contributed by atoms with Crippen LogP contribution in [0.25, 0.3) is 0 Å². The van der Waals surface area contributed by atoms with Crippen LogP contribution in [0.5, 0.6) is 5.75 Å². The summed E-state index contributed by atoms with van der Waals surface area (Å²) in [6.07, 6.45) is 6.44. The van der Waals surface area contributed by atoms with Gasteiger partial charge in [-0.05, 0) is 31.2 Å². The summed E-state index contributed by atoms with van der Waals surface area (Å²) < 4.78 is 5.55. The molecule has 1 N–H and O–H groups in total. The van der Waals surface area contributed by atoms with E-state index in [9.17, 15) is 0 Å². The Morgan fingerprint density at radius 3 is 3.00 bits per heavy atom. The van der Waals surface area contributed by atoms with Gasteiger partial charge in [0.15, 0.2) is 0 Å². The van der Waals surface area contributed by atoms with Crippen LogP contribution in [0.3, 0.4) is 0 Å². The van der Waals surface area contributed by atoms with Gasteiger partial charge in [-0.2, -0.15) is 0 Å². The van der Waals surface area contributed by atoms with Gasteiger partial charge in [-0.1, -0.05) is 30.5 Å². The molecule has 0 saturated heterocycles. The number of benzene rings is 1. The number of terminal acetylenes is 1. The lowest BCUT2D eigenvalue weighted by Crippen LogP contribution is -2.33. The highest BCUT2D eigenvalue weighted by molar-refractivity contribution is 6.30. The Kier molecular flexibility index (Phi) is 5.77. The Morgan fingerprint density at radius 1 is 1.56 bits per heavy atom. The van der Waals surface area contributed by atoms with Gasteiger partial charge in [0.2, 0.25) is 0 Å². The summed E-state index contributed by atoms with van der Waals surface area (Å²) in [5, 5.41) is 3.87. The summed E-state index contributed by atoms with van der Waals surface area (Å²) in [5.41, 5.74) is 0. The van der Waals surface area contributed by atoms with Gasteiger partial charge < -0.3 is 10.1 Å². The van der Waals surface area contributed by atoms with Gasteiger partial charge in [0.25, 0.3) is 0 Å². The van der Waals surface area contributed by atoms with Crippen molar-refractivity contribution in [1.29, 1.82) is 0 Å². The fraction of sp³-hybridized carbons (Fsp3) is 0.385. The van der Waals surface area contributed by atoms with E-state index in [1.165, 1.54) is 0 Å². The third kappa shape index (κ3) is 4.57. The third-order valence-electron chi connectivity index (χ3n) is 2.05. The molecule has 0 bridgehead atoms. The molecule has 2 nitrogen and oxygen atoms in total. The number of ether oxygens (including phenoxy) is 1. The van der Waals surface area contributed by atoms with Crippen LogP contribution in [0, 0.1) is 12.3 Å². The van der Waals surface area contributed by atoms with Crippen molar-refractivity contribution in [1.82, 2.24) is 5.32 Å². The molecule has 0 aliphatic carbocycles. The molecule has 0 aliphatic rings. The van der Waals surface area contributed by atoms with Crippen LogP contribution in [0.1, 0.15) is 13.3 Å². The molecule has 86 valence electrons. The van der Waals surface area contributed by atoms with E-state index < -0.39 is 0 Å². The Labute approximate surface area is 102 Å². The molecule has 1 unspecified atom stereocenters. The van der Waals surface area contributed by atoms with Crippen molar-refractivity contribution in [3.63, 3.8) is 0 Å². The van der Waals surface area contributed by atoms with Gasteiger partial charge >= 0.3 is 0 Å². The van der Waals surface area contributed by atoms with E-state index in [0.717, 1.165) is 18.7 Å². The van der Waals surface area contributed by atoms with Crippen LogP contribution in [-0.2, 0) is 0 Å². The molecular weight excluding hydrogens is 222 g/mol. The predicted octanol–water partition coefficient (Wildman–Crippen LogP) is 2.72. The van der Waals surface area contributed by atoms with Crippen molar-refractivity contribution in [2.75, 3.05) is 13.2 Å². The molecule has 0 heterocycles. The Balaban J connectivity index is 2.41. The SMILES string of the molecule is C#CC(COc1cccc(Cl)c1)NCCC. The van der Waals surface area contributed by atoms with E-state index in [-0.39, 0.29) is 6.04 Å². The van der Waals surface area contributed by atoms with Crippen molar-refractivity contribution < 1.29 is 4.74 Å². The lowest BCUT2D eigenvalue weighted by molar-refractivity contribution is 0.290. The van der Waals surface area contributed by atoms with Crippen LogP contribution in [0.15, 0.2) is 24.3 Å². The summed E-state index contributed by atoms with van der Waals surface area (Å²) in [6.45, 7) is 3.45. The van der Waals surface area contributed by atoms with Crippen molar-refractivity contribution >= 4 is 11.6 Å². The molecule has 0 spiro atoms. The molecule has 0 fully saturated rings. The molecule has 0 amide bonds. The van der Waals surface area contributed by atoms with Gasteiger partial charge in [-0.25, -0.2) is 0 Å². The standard InChI is InChI=1S/C13H16ClNO/c1-3-8-15-12(4-2)10-16-13-7-5-6-11(14)9-13/h2,5-7,9,12,15H,3,8,10H2,1H3. The van der Waals surface area contributed by atoms with Crippen LogP contribution >= 0.6 is 11.6 Å². The van der Waals surface area contributed by atoms with Crippen molar-refractivity contribution in [2.24, 2.45) is 0 Å². The molecular formula is C13H16ClNO. The average Bonchev–Trinajstić information content (AvgIpc) is 2.29. The second kappa shape index (κ2) is 7.16. The van der Waals surface area contributed by atoms with Crippen LogP contribution in [0.4, 0.5) is 0 Å². The van der Waals surface area contributed by atoms with E-state index >= 15 is 0 Å². The maximum Gasteiger partial charge on any atom is 0.120 e. The highest BCUT2D eigenvalue weighted by Gasteiger charge is 2.04. The zero-order chi connectivity index (χ0) is 11.8.